The smallest absolute Gasteiger partial charge is 0.251 e. The maximum atomic E-state index is 13.3. The van der Waals surface area contributed by atoms with E-state index in [-0.39, 0.29) is 11.9 Å². The van der Waals surface area contributed by atoms with Gasteiger partial charge in [0.2, 0.25) is 0 Å². The summed E-state index contributed by atoms with van der Waals surface area (Å²) in [5, 5.41) is 2.95. The molecular weight excluding hydrogens is 319 g/mol. The molecule has 0 bridgehead atoms. The minimum atomic E-state index is -0.406. The molecule has 5 heteroatoms. The number of methoxy groups -OCH3 is 1. The molecule has 0 radical (unpaired) electrons. The Hall–Kier alpha value is -2.40. The normalized spacial score (nSPS) is 15.8. The van der Waals surface area contributed by atoms with Crippen LogP contribution in [0.4, 0.5) is 4.39 Å². The summed E-state index contributed by atoms with van der Waals surface area (Å²) in [7, 11) is 1.65. The van der Waals surface area contributed by atoms with Gasteiger partial charge in [-0.05, 0) is 61.8 Å². The van der Waals surface area contributed by atoms with Crippen molar-refractivity contribution < 1.29 is 13.9 Å². The van der Waals surface area contributed by atoms with E-state index in [0.29, 0.717) is 12.1 Å². The van der Waals surface area contributed by atoms with Gasteiger partial charge in [-0.15, -0.1) is 0 Å². The molecule has 0 spiro atoms. The summed E-state index contributed by atoms with van der Waals surface area (Å²) in [6.07, 6.45) is 2.33. The number of amides is 1. The van der Waals surface area contributed by atoms with Crippen LogP contribution >= 0.6 is 0 Å². The van der Waals surface area contributed by atoms with Gasteiger partial charge in [-0.1, -0.05) is 18.2 Å². The van der Waals surface area contributed by atoms with Gasteiger partial charge in [0.1, 0.15) is 11.6 Å². The maximum Gasteiger partial charge on any atom is 0.251 e. The Bertz CT molecular complexity index is 729. The Kier molecular flexibility index (Phi) is 5.66. The Labute approximate surface area is 147 Å². The van der Waals surface area contributed by atoms with Crippen LogP contribution < -0.4 is 10.1 Å². The number of carbonyl (C=O) groups excluding carboxylic acids is 1. The fourth-order valence-electron chi connectivity index (χ4n) is 3.28. The number of halogens is 1. The van der Waals surface area contributed by atoms with E-state index in [1.54, 1.807) is 19.2 Å². The number of nitrogens with one attached hydrogen (secondary N) is 1. The quantitative estimate of drug-likeness (QED) is 0.875. The monoisotopic (exact) mass is 342 g/mol. The summed E-state index contributed by atoms with van der Waals surface area (Å²) >= 11 is 0. The molecule has 132 valence electrons. The zero-order chi connectivity index (χ0) is 17.6. The molecule has 0 saturated carbocycles. The molecule has 1 atom stereocenters. The van der Waals surface area contributed by atoms with Gasteiger partial charge >= 0.3 is 0 Å². The molecule has 1 N–H and O–H groups in total. The molecule has 0 aliphatic carbocycles. The number of nitrogens with zero attached hydrogens (tertiary/aromatic N) is 1. The molecule has 1 heterocycles. The van der Waals surface area contributed by atoms with Crippen LogP contribution in [0.2, 0.25) is 0 Å². The van der Waals surface area contributed by atoms with Crippen LogP contribution in [0, 0.1) is 5.82 Å². The number of hydrogen-bond donors (Lipinski definition) is 1. The second kappa shape index (κ2) is 8.12. The summed E-state index contributed by atoms with van der Waals surface area (Å²) in [6, 6.07) is 13.8. The average Bonchev–Trinajstić information content (AvgIpc) is 3.16. The fourth-order valence-corrected chi connectivity index (χ4v) is 3.28. The van der Waals surface area contributed by atoms with E-state index in [1.165, 1.54) is 12.1 Å². The van der Waals surface area contributed by atoms with Gasteiger partial charge in [-0.2, -0.15) is 0 Å². The first-order valence-corrected chi connectivity index (χ1v) is 8.59. The SMILES string of the molecule is COc1cccc(C(CNC(=O)c2cccc(F)c2)N2CCCC2)c1. The molecule has 1 saturated heterocycles. The second-order valence-electron chi connectivity index (χ2n) is 6.26. The highest BCUT2D eigenvalue weighted by molar-refractivity contribution is 5.94. The third-order valence-electron chi connectivity index (χ3n) is 4.60. The summed E-state index contributed by atoms with van der Waals surface area (Å²) in [5.41, 5.74) is 1.45. The average molecular weight is 342 g/mol. The Morgan fingerprint density at radius 2 is 1.96 bits per heavy atom. The molecule has 2 aromatic carbocycles. The minimum Gasteiger partial charge on any atom is -0.497 e. The predicted molar refractivity (Wildman–Crippen MR) is 95.3 cm³/mol. The second-order valence-corrected chi connectivity index (χ2v) is 6.26. The molecule has 1 aliphatic heterocycles. The number of carbonyl (C=O) groups is 1. The van der Waals surface area contributed by atoms with E-state index in [0.717, 1.165) is 37.2 Å². The highest BCUT2D eigenvalue weighted by Crippen LogP contribution is 2.27. The van der Waals surface area contributed by atoms with Crippen molar-refractivity contribution in [3.63, 3.8) is 0 Å². The molecule has 2 aromatic rings. The minimum absolute atomic E-state index is 0.0788. The first kappa shape index (κ1) is 17.4. The lowest BCUT2D eigenvalue weighted by Crippen LogP contribution is -2.36. The largest absolute Gasteiger partial charge is 0.497 e. The van der Waals surface area contributed by atoms with E-state index in [4.69, 9.17) is 4.74 Å². The molecule has 3 rings (SSSR count). The van der Waals surface area contributed by atoms with Gasteiger partial charge in [0, 0.05) is 12.1 Å². The molecule has 25 heavy (non-hydrogen) atoms. The number of benzene rings is 2. The summed E-state index contributed by atoms with van der Waals surface area (Å²) in [4.78, 5) is 14.7. The third kappa shape index (κ3) is 4.37. The Morgan fingerprint density at radius 3 is 2.68 bits per heavy atom. The summed E-state index contributed by atoms with van der Waals surface area (Å²) in [6.45, 7) is 2.50. The van der Waals surface area contributed by atoms with Crippen molar-refractivity contribution >= 4 is 5.91 Å². The van der Waals surface area contributed by atoms with Crippen LogP contribution in [0.15, 0.2) is 48.5 Å². The van der Waals surface area contributed by atoms with Gasteiger partial charge in [0.25, 0.3) is 5.91 Å². The van der Waals surface area contributed by atoms with Crippen molar-refractivity contribution in [2.24, 2.45) is 0 Å². The lowest BCUT2D eigenvalue weighted by atomic mass is 10.0. The van der Waals surface area contributed by atoms with Crippen molar-refractivity contribution in [1.82, 2.24) is 10.2 Å². The number of ether oxygens (including phenoxy) is 1. The standard InChI is InChI=1S/C20H23FN2O2/c1-25-18-9-5-6-15(13-18)19(23-10-2-3-11-23)14-22-20(24)16-7-4-8-17(21)12-16/h4-9,12-13,19H,2-3,10-11,14H2,1H3,(H,22,24). The van der Waals surface area contributed by atoms with E-state index in [2.05, 4.69) is 16.3 Å². The molecule has 1 fully saturated rings. The highest BCUT2D eigenvalue weighted by Gasteiger charge is 2.24. The van der Waals surface area contributed by atoms with E-state index in [1.807, 2.05) is 18.2 Å². The van der Waals surface area contributed by atoms with Gasteiger partial charge < -0.3 is 10.1 Å². The van der Waals surface area contributed by atoms with Gasteiger partial charge in [0.15, 0.2) is 0 Å². The maximum absolute atomic E-state index is 13.3. The fraction of sp³-hybridized carbons (Fsp3) is 0.350. The number of rotatable bonds is 6. The van der Waals surface area contributed by atoms with Crippen molar-refractivity contribution in [2.75, 3.05) is 26.7 Å². The highest BCUT2D eigenvalue weighted by atomic mass is 19.1. The molecular formula is C20H23FN2O2. The predicted octanol–water partition coefficient (Wildman–Crippen LogP) is 3.40. The van der Waals surface area contributed by atoms with Crippen LogP contribution in [-0.4, -0.2) is 37.6 Å². The van der Waals surface area contributed by atoms with Gasteiger partial charge in [-0.3, -0.25) is 9.69 Å². The lowest BCUT2D eigenvalue weighted by Gasteiger charge is -2.28. The van der Waals surface area contributed by atoms with Crippen LogP contribution in [0.5, 0.6) is 5.75 Å². The van der Waals surface area contributed by atoms with Crippen molar-refractivity contribution in [1.29, 1.82) is 0 Å². The van der Waals surface area contributed by atoms with Crippen LogP contribution in [0.3, 0.4) is 0 Å². The van der Waals surface area contributed by atoms with Crippen molar-refractivity contribution in [2.45, 2.75) is 18.9 Å². The Balaban J connectivity index is 1.74. The number of likely N-dealkylation sites (tertiary alicyclic amines) is 1. The topological polar surface area (TPSA) is 41.6 Å². The number of hydrogen-bond acceptors (Lipinski definition) is 3. The third-order valence-corrected chi connectivity index (χ3v) is 4.60. The zero-order valence-electron chi connectivity index (χ0n) is 14.4. The lowest BCUT2D eigenvalue weighted by molar-refractivity contribution is 0.0937. The molecule has 0 aromatic heterocycles. The van der Waals surface area contributed by atoms with E-state index in [9.17, 15) is 9.18 Å². The first-order chi connectivity index (χ1) is 12.2. The summed E-state index contributed by atoms with van der Waals surface area (Å²) < 4.78 is 18.6. The van der Waals surface area contributed by atoms with Crippen LogP contribution in [-0.2, 0) is 0 Å². The van der Waals surface area contributed by atoms with Gasteiger partial charge in [0.05, 0.1) is 13.2 Å². The Morgan fingerprint density at radius 1 is 1.20 bits per heavy atom. The molecule has 1 amide bonds. The van der Waals surface area contributed by atoms with E-state index < -0.39 is 5.82 Å². The molecule has 1 unspecified atom stereocenters. The van der Waals surface area contributed by atoms with Crippen molar-refractivity contribution in [3.8, 4) is 5.75 Å². The van der Waals surface area contributed by atoms with Crippen molar-refractivity contribution in [3.05, 3.63) is 65.5 Å². The molecule has 1 aliphatic rings. The molecule has 4 nitrogen and oxygen atoms in total. The van der Waals surface area contributed by atoms with Gasteiger partial charge in [-0.25, -0.2) is 4.39 Å². The van der Waals surface area contributed by atoms with Crippen LogP contribution in [0.25, 0.3) is 0 Å². The van der Waals surface area contributed by atoms with E-state index >= 15 is 0 Å². The first-order valence-electron chi connectivity index (χ1n) is 8.59. The zero-order valence-corrected chi connectivity index (χ0v) is 14.4. The summed E-state index contributed by atoms with van der Waals surface area (Å²) in [5.74, 6) is 0.140. The van der Waals surface area contributed by atoms with Crippen LogP contribution in [0.1, 0.15) is 34.8 Å².